The van der Waals surface area contributed by atoms with E-state index >= 15 is 0 Å². The fourth-order valence-electron chi connectivity index (χ4n) is 7.54. The molecule has 0 fully saturated rings. The third kappa shape index (κ3) is 7.11. The second-order valence-corrected chi connectivity index (χ2v) is 14.3. The van der Waals surface area contributed by atoms with E-state index < -0.39 is 0 Å². The molecule has 0 saturated carbocycles. The fourth-order valence-corrected chi connectivity index (χ4v) is 7.54. The molecule has 0 bridgehead atoms. The third-order valence-electron chi connectivity index (χ3n) is 10.6. The van der Waals surface area contributed by atoms with Crippen molar-refractivity contribution in [2.75, 3.05) is 0 Å². The summed E-state index contributed by atoms with van der Waals surface area (Å²) in [7, 11) is 0. The smallest absolute Gasteiger partial charge is 0.163 e. The van der Waals surface area contributed by atoms with Crippen LogP contribution in [-0.4, -0.2) is 29.9 Å². The predicted molar refractivity (Wildman–Crippen MR) is 232 cm³/mol. The zero-order valence-corrected chi connectivity index (χ0v) is 31.5. The van der Waals surface area contributed by atoms with Crippen molar-refractivity contribution in [1.29, 1.82) is 0 Å². The van der Waals surface area contributed by atoms with Gasteiger partial charge in [0.2, 0.25) is 0 Å². The molecule has 2 unspecified atom stereocenters. The van der Waals surface area contributed by atoms with Crippen LogP contribution in [0.5, 0.6) is 0 Å². The minimum absolute atomic E-state index is 0.318. The summed E-state index contributed by atoms with van der Waals surface area (Å²) in [5.74, 6) is 3.08. The van der Waals surface area contributed by atoms with E-state index in [9.17, 15) is 0 Å². The highest BCUT2D eigenvalue weighted by molar-refractivity contribution is 5.71. The van der Waals surface area contributed by atoms with Gasteiger partial charge in [-0.1, -0.05) is 206 Å². The highest BCUT2D eigenvalue weighted by Crippen LogP contribution is 2.37. The summed E-state index contributed by atoms with van der Waals surface area (Å²) in [4.78, 5) is 31.1. The SMILES string of the molecule is C1=c2ccccc2=CC(c2nc(-c3ccccc3)nc(-c3ccc(-c4ccccc4)cc3)n2)C1c1nc(-c2ccccc2)nc(-c2ccc(-c3ccccc3)cc2)n1. The highest BCUT2D eigenvalue weighted by atomic mass is 15.1. The molecule has 274 valence electrons. The zero-order chi connectivity index (χ0) is 38.7. The number of fused-ring (bicyclic) bond motifs is 1. The largest absolute Gasteiger partial charge is 0.212 e. The average Bonchev–Trinajstić information content (AvgIpc) is 3.32. The fraction of sp³-hybridized carbons (Fsp3) is 0.0385. The molecular formula is C52H36N6. The van der Waals surface area contributed by atoms with Crippen molar-refractivity contribution in [2.45, 2.75) is 11.8 Å². The quantitative estimate of drug-likeness (QED) is 0.154. The number of hydrogen-bond donors (Lipinski definition) is 0. The van der Waals surface area contributed by atoms with Gasteiger partial charge in [-0.05, 0) is 32.7 Å². The molecule has 1 aliphatic carbocycles. The van der Waals surface area contributed by atoms with Crippen LogP contribution in [-0.2, 0) is 0 Å². The molecule has 0 aliphatic heterocycles. The molecule has 58 heavy (non-hydrogen) atoms. The van der Waals surface area contributed by atoms with Crippen LogP contribution in [0.2, 0.25) is 0 Å². The summed E-state index contributed by atoms with van der Waals surface area (Å²) in [6, 6.07) is 66.2. The van der Waals surface area contributed by atoms with Crippen LogP contribution in [0.15, 0.2) is 194 Å². The molecule has 9 aromatic rings. The Bertz CT molecular complexity index is 2770. The Kier molecular flexibility index (Phi) is 9.26. The molecular weight excluding hydrogens is 709 g/mol. The molecule has 6 heteroatoms. The van der Waals surface area contributed by atoms with Gasteiger partial charge in [0.25, 0.3) is 0 Å². The Hall–Kier alpha value is -7.70. The van der Waals surface area contributed by atoms with E-state index in [-0.39, 0.29) is 11.8 Å². The van der Waals surface area contributed by atoms with Crippen LogP contribution in [0.4, 0.5) is 0 Å². The summed E-state index contributed by atoms with van der Waals surface area (Å²) >= 11 is 0. The van der Waals surface area contributed by atoms with Gasteiger partial charge in [-0.15, -0.1) is 0 Å². The molecule has 0 saturated heterocycles. The van der Waals surface area contributed by atoms with Gasteiger partial charge in [0, 0.05) is 22.3 Å². The van der Waals surface area contributed by atoms with Crippen LogP contribution in [0, 0.1) is 0 Å². The first-order valence-electron chi connectivity index (χ1n) is 19.5. The zero-order valence-electron chi connectivity index (χ0n) is 31.5. The molecule has 0 amide bonds. The lowest BCUT2D eigenvalue weighted by atomic mass is 9.85. The lowest BCUT2D eigenvalue weighted by Gasteiger charge is -2.24. The van der Waals surface area contributed by atoms with Crippen LogP contribution >= 0.6 is 0 Å². The van der Waals surface area contributed by atoms with E-state index in [4.69, 9.17) is 29.9 Å². The lowest BCUT2D eigenvalue weighted by molar-refractivity contribution is 0.685. The topological polar surface area (TPSA) is 77.3 Å². The maximum absolute atomic E-state index is 5.26. The molecule has 0 spiro atoms. The number of benzene rings is 7. The molecule has 2 aromatic heterocycles. The maximum atomic E-state index is 5.26. The Labute approximate surface area is 336 Å². The second kappa shape index (κ2) is 15.4. The highest BCUT2D eigenvalue weighted by Gasteiger charge is 2.31. The monoisotopic (exact) mass is 744 g/mol. The van der Waals surface area contributed by atoms with Gasteiger partial charge in [0.05, 0.1) is 11.8 Å². The van der Waals surface area contributed by atoms with Crippen LogP contribution in [0.25, 0.3) is 80.0 Å². The maximum Gasteiger partial charge on any atom is 0.163 e. The van der Waals surface area contributed by atoms with Gasteiger partial charge in [0.15, 0.2) is 23.3 Å². The van der Waals surface area contributed by atoms with Crippen molar-refractivity contribution in [3.63, 3.8) is 0 Å². The summed E-state index contributed by atoms with van der Waals surface area (Å²) in [6.07, 6.45) is 4.51. The Morgan fingerprint density at radius 2 is 0.466 bits per heavy atom. The molecule has 0 radical (unpaired) electrons. The first-order chi connectivity index (χ1) is 28.7. The van der Waals surface area contributed by atoms with E-state index in [0.717, 1.165) is 54.9 Å². The average molecular weight is 745 g/mol. The van der Waals surface area contributed by atoms with E-state index in [1.54, 1.807) is 0 Å². The number of rotatable bonds is 8. The Balaban J connectivity index is 1.13. The van der Waals surface area contributed by atoms with E-state index in [0.29, 0.717) is 34.9 Å². The number of hydrogen-bond acceptors (Lipinski definition) is 6. The van der Waals surface area contributed by atoms with Crippen molar-refractivity contribution >= 4 is 12.2 Å². The molecule has 10 rings (SSSR count). The van der Waals surface area contributed by atoms with E-state index in [2.05, 4.69) is 133 Å². The van der Waals surface area contributed by atoms with E-state index in [1.165, 1.54) is 0 Å². The standard InChI is InChI=1S/C52H36N6/c1-5-15-35(16-6-1)37-25-29-41(30-26-37)49-53-47(39-19-9-3-10-20-39)55-51(57-49)45-33-43-23-13-14-24-44(43)34-46(45)52-56-48(40-21-11-4-12-22-40)54-50(58-52)42-31-27-38(28-32-42)36-17-7-2-8-18-36/h1-34,45-46H. The van der Waals surface area contributed by atoms with Gasteiger partial charge >= 0.3 is 0 Å². The van der Waals surface area contributed by atoms with Crippen molar-refractivity contribution in [2.24, 2.45) is 0 Å². The van der Waals surface area contributed by atoms with Crippen LogP contribution in [0.1, 0.15) is 23.5 Å². The Morgan fingerprint density at radius 3 is 0.793 bits per heavy atom. The van der Waals surface area contributed by atoms with Gasteiger partial charge in [-0.2, -0.15) is 0 Å². The van der Waals surface area contributed by atoms with Gasteiger partial charge in [-0.3, -0.25) is 0 Å². The molecule has 1 aliphatic rings. The van der Waals surface area contributed by atoms with Crippen molar-refractivity contribution in [3.8, 4) is 67.8 Å². The summed E-state index contributed by atoms with van der Waals surface area (Å²) in [5, 5.41) is 2.21. The van der Waals surface area contributed by atoms with Crippen molar-refractivity contribution in [3.05, 3.63) is 216 Å². The van der Waals surface area contributed by atoms with Crippen LogP contribution in [0.3, 0.4) is 0 Å². The van der Waals surface area contributed by atoms with E-state index in [1.807, 2.05) is 72.8 Å². The normalized spacial score (nSPS) is 14.5. The first kappa shape index (κ1) is 34.8. The predicted octanol–water partition coefficient (Wildman–Crippen LogP) is 10.2. The molecule has 2 heterocycles. The minimum Gasteiger partial charge on any atom is -0.212 e. The molecule has 6 nitrogen and oxygen atoms in total. The number of nitrogens with zero attached hydrogens (tertiary/aromatic N) is 6. The van der Waals surface area contributed by atoms with Crippen molar-refractivity contribution in [1.82, 2.24) is 29.9 Å². The second-order valence-electron chi connectivity index (χ2n) is 14.3. The van der Waals surface area contributed by atoms with Gasteiger partial charge in [-0.25, -0.2) is 29.9 Å². The first-order valence-corrected chi connectivity index (χ1v) is 19.5. The van der Waals surface area contributed by atoms with Crippen LogP contribution < -0.4 is 10.4 Å². The molecule has 7 aromatic carbocycles. The van der Waals surface area contributed by atoms with Gasteiger partial charge < -0.3 is 0 Å². The molecule has 2 atom stereocenters. The summed E-state index contributed by atoms with van der Waals surface area (Å²) in [6.45, 7) is 0. The molecule has 0 N–H and O–H groups in total. The van der Waals surface area contributed by atoms with Crippen molar-refractivity contribution < 1.29 is 0 Å². The Morgan fingerprint density at radius 1 is 0.224 bits per heavy atom. The number of aromatic nitrogens is 6. The minimum atomic E-state index is -0.318. The lowest BCUT2D eigenvalue weighted by Crippen LogP contribution is -2.32. The third-order valence-corrected chi connectivity index (χ3v) is 10.6. The summed E-state index contributed by atoms with van der Waals surface area (Å²) in [5.41, 5.74) is 8.21. The van der Waals surface area contributed by atoms with Gasteiger partial charge in [0.1, 0.15) is 11.6 Å². The summed E-state index contributed by atoms with van der Waals surface area (Å²) < 4.78 is 0.